The fraction of sp³-hybridized carbons (Fsp3) is 0.119. The first-order chi connectivity index (χ1) is 24.4. The molecule has 0 amide bonds. The zero-order valence-corrected chi connectivity index (χ0v) is 31.8. The molecule has 3 radical (unpaired) electrons. The third kappa shape index (κ3) is 11.4. The number of benzene rings is 6. The number of ether oxygens (including phenoxy) is 6. The molecule has 0 aliphatic heterocycles. The average molecular weight is 706 g/mol. The Kier molecular flexibility index (Phi) is 16.3. The van der Waals surface area contributed by atoms with E-state index in [2.05, 4.69) is 0 Å². The van der Waals surface area contributed by atoms with E-state index in [-0.39, 0.29) is 45.2 Å². The second kappa shape index (κ2) is 20.6. The number of rotatable bonds is 12. The van der Waals surface area contributed by atoms with Crippen LogP contribution in [0.25, 0.3) is 0 Å². The van der Waals surface area contributed by atoms with Crippen LogP contribution in [0.3, 0.4) is 0 Å². The van der Waals surface area contributed by atoms with E-state index in [1.165, 1.54) is 0 Å². The van der Waals surface area contributed by atoms with Crippen molar-refractivity contribution < 1.29 is 69.3 Å². The molecule has 52 heavy (non-hydrogen) atoms. The van der Waals surface area contributed by atoms with Crippen molar-refractivity contribution in [1.82, 2.24) is 0 Å². The average Bonchev–Trinajstić information content (AvgIpc) is 3.19. The summed E-state index contributed by atoms with van der Waals surface area (Å²) in [6.07, 6.45) is -0.694. The number of hydrogen-bond donors (Lipinski definition) is 1. The molecule has 0 heterocycles. The van der Waals surface area contributed by atoms with Crippen LogP contribution < -0.4 is 58.0 Å². The minimum Gasteiger partial charge on any atom is -1.00 e. The Morgan fingerprint density at radius 1 is 0.423 bits per heavy atom. The number of aliphatic hydroxyl groups excluding tert-OH is 1. The molecule has 0 aromatic heterocycles. The molecule has 0 saturated carbocycles. The van der Waals surface area contributed by atoms with Gasteiger partial charge in [-0.3, -0.25) is 4.79 Å². The number of aliphatic hydroxyl groups is 1. The van der Waals surface area contributed by atoms with Crippen LogP contribution in [0.15, 0.2) is 146 Å². The molecular weight excluding hydrogens is 666 g/mol. The Balaban J connectivity index is 0.000000347. The Labute approximate surface area is 330 Å². The van der Waals surface area contributed by atoms with E-state index >= 15 is 0 Å². The van der Waals surface area contributed by atoms with Crippen molar-refractivity contribution in [3.05, 3.63) is 168 Å². The summed E-state index contributed by atoms with van der Waals surface area (Å²) in [4.78, 5) is 12.5. The van der Waals surface area contributed by atoms with Crippen molar-refractivity contribution in [3.8, 4) is 46.0 Å². The van der Waals surface area contributed by atoms with Gasteiger partial charge in [-0.15, -0.1) is 0 Å². The van der Waals surface area contributed by atoms with Crippen LogP contribution in [-0.4, -0.2) is 47.7 Å². The molecule has 0 saturated heterocycles. The van der Waals surface area contributed by atoms with E-state index in [4.69, 9.17) is 28.4 Å². The first-order valence-electron chi connectivity index (χ1n) is 15.7. The minimum absolute atomic E-state index is 0. The number of carbonyl (C=O) groups is 1. The largest absolute Gasteiger partial charge is 1.00 e. The second-order valence-electron chi connectivity index (χ2n) is 10.9. The van der Waals surface area contributed by atoms with Crippen LogP contribution >= 0.6 is 0 Å². The van der Waals surface area contributed by atoms with Gasteiger partial charge in [-0.2, -0.15) is 0 Å². The minimum atomic E-state index is -0.694. The summed E-state index contributed by atoms with van der Waals surface area (Å²) in [6.45, 7) is 0. The van der Waals surface area contributed by atoms with E-state index in [1.54, 1.807) is 77.0 Å². The van der Waals surface area contributed by atoms with Crippen LogP contribution in [0.4, 0.5) is 0 Å². The number of ketones is 1. The van der Waals surface area contributed by atoms with Crippen molar-refractivity contribution in [2.24, 2.45) is 0 Å². The smallest absolute Gasteiger partial charge is 1.00 e. The third-order valence-corrected chi connectivity index (χ3v) is 7.69. The quantitative estimate of drug-likeness (QED) is 0.122. The van der Waals surface area contributed by atoms with Crippen molar-refractivity contribution in [2.75, 3.05) is 28.4 Å². The van der Waals surface area contributed by atoms with Gasteiger partial charge in [0, 0.05) is 19.5 Å². The summed E-state index contributed by atoms with van der Waals surface area (Å²) >= 11 is 0. The molecule has 8 nitrogen and oxygen atoms in total. The van der Waals surface area contributed by atoms with Gasteiger partial charge in [0.25, 0.3) is 0 Å². The van der Waals surface area contributed by atoms with E-state index in [0.29, 0.717) is 28.4 Å². The molecule has 0 bridgehead atoms. The Bertz CT molecular complexity index is 1940. The summed E-state index contributed by atoms with van der Waals surface area (Å²) < 4.78 is 32.0. The Morgan fingerprint density at radius 2 is 0.635 bits per heavy atom. The molecular formula is C42H39BNaO8. The van der Waals surface area contributed by atoms with Crippen LogP contribution in [0.5, 0.6) is 46.0 Å². The van der Waals surface area contributed by atoms with Crippen molar-refractivity contribution in [1.29, 1.82) is 0 Å². The monoisotopic (exact) mass is 705 g/mol. The maximum absolute atomic E-state index is 12.5. The fourth-order valence-corrected chi connectivity index (χ4v) is 4.84. The SMILES string of the molecule is COc1ccc(Oc2ccc(C(=O)c3ccc(OC)cc3)cc2)cc1.COc1ccc(Oc2ccc(C(O)c3ccc(OC)cc3)cc2)cc1.[B].[H-].[Na+]. The molecule has 6 rings (SSSR count). The summed E-state index contributed by atoms with van der Waals surface area (Å²) in [5.74, 6) is 5.79. The van der Waals surface area contributed by atoms with Gasteiger partial charge in [0.1, 0.15) is 52.1 Å². The number of methoxy groups -OCH3 is 4. The molecule has 0 fully saturated rings. The number of carbonyl (C=O) groups excluding carboxylic acids is 1. The van der Waals surface area contributed by atoms with Gasteiger partial charge in [0.05, 0.1) is 28.4 Å². The predicted molar refractivity (Wildman–Crippen MR) is 199 cm³/mol. The summed E-state index contributed by atoms with van der Waals surface area (Å²) in [5.41, 5.74) is 2.83. The van der Waals surface area contributed by atoms with Crippen LogP contribution in [-0.2, 0) is 0 Å². The van der Waals surface area contributed by atoms with Gasteiger partial charge in [-0.1, -0.05) is 24.3 Å². The van der Waals surface area contributed by atoms with Gasteiger partial charge in [0.15, 0.2) is 5.78 Å². The number of hydrogen-bond acceptors (Lipinski definition) is 8. The Morgan fingerprint density at radius 3 is 0.923 bits per heavy atom. The molecule has 6 aromatic rings. The van der Waals surface area contributed by atoms with Crippen molar-refractivity contribution >= 4 is 14.2 Å². The zero-order valence-electron chi connectivity index (χ0n) is 30.8. The summed E-state index contributed by atoms with van der Waals surface area (Å²) in [5, 5.41) is 10.5. The van der Waals surface area contributed by atoms with Crippen LogP contribution in [0.2, 0.25) is 0 Å². The van der Waals surface area contributed by atoms with E-state index in [0.717, 1.165) is 39.9 Å². The summed E-state index contributed by atoms with van der Waals surface area (Å²) in [7, 11) is 6.46. The molecule has 1 atom stereocenters. The zero-order chi connectivity index (χ0) is 35.3. The summed E-state index contributed by atoms with van der Waals surface area (Å²) in [6, 6.07) is 43.6. The fourth-order valence-electron chi connectivity index (χ4n) is 4.84. The molecule has 6 aromatic carbocycles. The Hall–Kier alpha value is -5.19. The first kappa shape index (κ1) is 41.2. The predicted octanol–water partition coefficient (Wildman–Crippen LogP) is 6.04. The topological polar surface area (TPSA) is 92.7 Å². The second-order valence-corrected chi connectivity index (χ2v) is 10.9. The van der Waals surface area contributed by atoms with Gasteiger partial charge in [0.2, 0.25) is 0 Å². The normalized spacial score (nSPS) is 10.5. The first-order valence-corrected chi connectivity index (χ1v) is 15.7. The van der Waals surface area contributed by atoms with E-state index < -0.39 is 6.10 Å². The molecule has 10 heteroatoms. The molecule has 1 N–H and O–H groups in total. The standard InChI is InChI=1S/C21H20O4.C21H18O4.B.Na.H/c2*1-23-17-7-3-15(4-8-17)21(22)16-5-9-19(10-6-16)25-20-13-11-18(24-2)12-14-20;;;/h3-14,21-22H,1-2H3;3-14H,1-2H3;;;/q;;;+1;-1. The molecule has 1 unspecified atom stereocenters. The third-order valence-electron chi connectivity index (χ3n) is 7.69. The maximum atomic E-state index is 12.5. The van der Waals surface area contributed by atoms with E-state index in [9.17, 15) is 9.90 Å². The van der Waals surface area contributed by atoms with Gasteiger partial charge in [-0.05, 0) is 132 Å². The van der Waals surface area contributed by atoms with Crippen LogP contribution in [0, 0.1) is 0 Å². The van der Waals surface area contributed by atoms with Gasteiger partial charge < -0.3 is 35.0 Å². The van der Waals surface area contributed by atoms with Crippen molar-refractivity contribution in [3.63, 3.8) is 0 Å². The van der Waals surface area contributed by atoms with Crippen LogP contribution in [0.1, 0.15) is 34.6 Å². The molecule has 0 aliphatic carbocycles. The van der Waals surface area contributed by atoms with E-state index in [1.807, 2.05) is 97.1 Å². The molecule has 0 aliphatic rings. The van der Waals surface area contributed by atoms with Crippen molar-refractivity contribution in [2.45, 2.75) is 6.10 Å². The maximum Gasteiger partial charge on any atom is 1.00 e. The molecule has 0 spiro atoms. The van der Waals surface area contributed by atoms with Gasteiger partial charge >= 0.3 is 29.6 Å². The molecule has 259 valence electrons. The van der Waals surface area contributed by atoms with Gasteiger partial charge in [-0.25, -0.2) is 0 Å².